The molecule has 0 unspecified atom stereocenters. The quantitative estimate of drug-likeness (QED) is 0.111. The highest BCUT2D eigenvalue weighted by Gasteiger charge is 2.22. The van der Waals surface area contributed by atoms with Crippen molar-refractivity contribution in [2.75, 3.05) is 0 Å². The number of carboxylic acid groups (broad SMARTS) is 3. The third-order valence-electron chi connectivity index (χ3n) is 9.23. The first-order chi connectivity index (χ1) is 27.2. The van der Waals surface area contributed by atoms with Gasteiger partial charge in [0, 0.05) is 29.4 Å². The number of rotatable bonds is 12. The summed E-state index contributed by atoms with van der Waals surface area (Å²) in [6, 6.07) is 42.7. The Morgan fingerprint density at radius 3 is 1.19 bits per heavy atom. The van der Waals surface area contributed by atoms with Gasteiger partial charge in [-0.1, -0.05) is 114 Å². The largest absolute Gasteiger partial charge is 0.481 e. The Labute approximate surface area is 348 Å². The zero-order chi connectivity index (χ0) is 41.5. The molecule has 6 aromatic carbocycles. The molecule has 0 fully saturated rings. The normalized spacial score (nSPS) is 10.4. The van der Waals surface area contributed by atoms with Crippen molar-refractivity contribution in [1.82, 2.24) is 0 Å². The van der Waals surface area contributed by atoms with E-state index in [1.54, 1.807) is 35.3 Å². The van der Waals surface area contributed by atoms with Gasteiger partial charge in [-0.25, -0.2) is 0 Å². The Hall–Kier alpha value is -5.22. The van der Waals surface area contributed by atoms with Crippen LogP contribution < -0.4 is 0 Å². The van der Waals surface area contributed by atoms with Crippen molar-refractivity contribution in [3.8, 4) is 0 Å². The Morgan fingerprint density at radius 1 is 0.386 bits per heavy atom. The molecular weight excluding hydrogens is 769 g/mol. The zero-order valence-electron chi connectivity index (χ0n) is 33.0. The van der Waals surface area contributed by atoms with Crippen molar-refractivity contribution in [1.29, 1.82) is 0 Å². The highest BCUT2D eigenvalue weighted by Crippen LogP contribution is 2.41. The van der Waals surface area contributed by atoms with Gasteiger partial charge in [0.05, 0.1) is 19.3 Å². The lowest BCUT2D eigenvalue weighted by Gasteiger charge is -2.22. The second-order valence-corrected chi connectivity index (χ2v) is 16.7. The van der Waals surface area contributed by atoms with E-state index in [2.05, 4.69) is 93.6 Å². The van der Waals surface area contributed by atoms with Crippen LogP contribution in [0.1, 0.15) is 50.1 Å². The smallest absolute Gasteiger partial charge is 0.307 e. The van der Waals surface area contributed by atoms with Gasteiger partial charge in [0.1, 0.15) is 0 Å². The highest BCUT2D eigenvalue weighted by atomic mass is 32.2. The molecule has 6 rings (SSSR count). The predicted octanol–water partition coefficient (Wildman–Crippen LogP) is 12.2. The topological polar surface area (TPSA) is 112 Å². The number of aliphatic carboxylic acids is 3. The van der Waals surface area contributed by atoms with Crippen molar-refractivity contribution in [2.24, 2.45) is 0 Å². The number of benzene rings is 6. The maximum atomic E-state index is 11.4. The van der Waals surface area contributed by atoms with Crippen LogP contribution in [0.25, 0.3) is 0 Å². The van der Waals surface area contributed by atoms with E-state index in [1.165, 1.54) is 36.3 Å². The Balaban J connectivity index is 0.000000204. The standard InChI is InChI=1S/C22H26O4S.C14H12O2S.C12H10S/c1-11-7-8-12(2)21(13(11)3)27-22-15(5)14(4)17(9-19(23)24)18(16(22)6)10-20(25)26;15-14(16)10-11-6-8-13(9-7-11)17-12-4-2-1-3-5-12;1-3-7-11(8-4-1)13-12-9-5-2-6-10-12/h7-8H,9-10H2,1-6H3,(H,23,24)(H,25,26);1-9H,10H2,(H,15,16);1-10H. The first kappa shape index (κ1) is 44.5. The van der Waals surface area contributed by atoms with E-state index in [0.29, 0.717) is 11.1 Å². The Kier molecular flexibility index (Phi) is 17.1. The Bertz CT molecular complexity index is 2240. The second-order valence-electron chi connectivity index (χ2n) is 13.4. The van der Waals surface area contributed by atoms with Crippen molar-refractivity contribution >= 4 is 53.2 Å². The molecule has 6 aromatic rings. The van der Waals surface area contributed by atoms with Crippen LogP contribution in [0, 0.1) is 41.5 Å². The Morgan fingerprint density at radius 2 is 0.772 bits per heavy atom. The van der Waals surface area contributed by atoms with Gasteiger partial charge in [-0.3, -0.25) is 14.4 Å². The van der Waals surface area contributed by atoms with Crippen LogP contribution in [-0.4, -0.2) is 33.2 Å². The fourth-order valence-corrected chi connectivity index (χ4v) is 9.00. The van der Waals surface area contributed by atoms with E-state index in [4.69, 9.17) is 5.11 Å². The first-order valence-corrected chi connectivity index (χ1v) is 20.8. The van der Waals surface area contributed by atoms with Crippen molar-refractivity contribution in [3.05, 3.63) is 177 Å². The molecular formula is C48H48O6S3. The van der Waals surface area contributed by atoms with Crippen LogP contribution >= 0.6 is 35.3 Å². The van der Waals surface area contributed by atoms with Gasteiger partial charge in [-0.2, -0.15) is 0 Å². The molecule has 0 saturated carbocycles. The molecule has 0 heterocycles. The van der Waals surface area contributed by atoms with Crippen LogP contribution in [0.5, 0.6) is 0 Å². The van der Waals surface area contributed by atoms with Gasteiger partial charge >= 0.3 is 17.9 Å². The van der Waals surface area contributed by atoms with Crippen molar-refractivity contribution < 1.29 is 29.7 Å². The average molecular weight is 817 g/mol. The lowest BCUT2D eigenvalue weighted by atomic mass is 9.89. The predicted molar refractivity (Wildman–Crippen MR) is 233 cm³/mol. The van der Waals surface area contributed by atoms with Gasteiger partial charge in [0.15, 0.2) is 0 Å². The van der Waals surface area contributed by atoms with Gasteiger partial charge < -0.3 is 15.3 Å². The molecule has 0 saturated heterocycles. The van der Waals surface area contributed by atoms with Crippen LogP contribution in [0.3, 0.4) is 0 Å². The third kappa shape index (κ3) is 13.7. The van der Waals surface area contributed by atoms with Gasteiger partial charge in [-0.15, -0.1) is 0 Å². The molecule has 0 bridgehead atoms. The summed E-state index contributed by atoms with van der Waals surface area (Å²) in [5.74, 6) is -2.70. The lowest BCUT2D eigenvalue weighted by molar-refractivity contribution is -0.137. The number of hydrogen-bond donors (Lipinski definition) is 3. The van der Waals surface area contributed by atoms with E-state index in [-0.39, 0.29) is 19.3 Å². The molecule has 0 amide bonds. The molecule has 0 spiro atoms. The summed E-state index contributed by atoms with van der Waals surface area (Å²) in [4.78, 5) is 40.4. The summed E-state index contributed by atoms with van der Waals surface area (Å²) >= 11 is 5.11. The van der Waals surface area contributed by atoms with Gasteiger partial charge in [0.25, 0.3) is 0 Å². The molecule has 0 radical (unpaired) electrons. The minimum absolute atomic E-state index is 0.0796. The summed E-state index contributed by atoms with van der Waals surface area (Å²) in [6.07, 6.45) is -0.255. The fourth-order valence-electron chi connectivity index (χ4n) is 5.97. The van der Waals surface area contributed by atoms with E-state index in [9.17, 15) is 24.6 Å². The molecule has 0 aliphatic rings. The van der Waals surface area contributed by atoms with Crippen molar-refractivity contribution in [3.63, 3.8) is 0 Å². The third-order valence-corrected chi connectivity index (χ3v) is 12.9. The lowest BCUT2D eigenvalue weighted by Crippen LogP contribution is -2.13. The van der Waals surface area contributed by atoms with Crippen molar-refractivity contribution in [2.45, 2.75) is 90.2 Å². The first-order valence-electron chi connectivity index (χ1n) is 18.3. The minimum Gasteiger partial charge on any atom is -0.481 e. The minimum atomic E-state index is -0.952. The van der Waals surface area contributed by atoms with Crippen LogP contribution in [0.2, 0.25) is 0 Å². The molecule has 0 atom stereocenters. The van der Waals surface area contributed by atoms with E-state index in [1.807, 2.05) is 75.4 Å². The summed E-state index contributed by atoms with van der Waals surface area (Å²) in [6.45, 7) is 12.0. The molecule has 0 aliphatic carbocycles. The summed E-state index contributed by atoms with van der Waals surface area (Å²) in [5, 5.41) is 27.3. The zero-order valence-corrected chi connectivity index (χ0v) is 35.5. The maximum absolute atomic E-state index is 11.4. The number of carbonyl (C=O) groups is 3. The van der Waals surface area contributed by atoms with E-state index < -0.39 is 17.9 Å². The SMILES string of the molecule is Cc1ccc(C)c(Sc2c(C)c(C)c(CC(=O)O)c(CC(=O)O)c2C)c1C.O=C(O)Cc1ccc(Sc2ccccc2)cc1.c1ccc(Sc2ccccc2)cc1. The summed E-state index contributed by atoms with van der Waals surface area (Å²) in [5.41, 5.74) is 8.42. The van der Waals surface area contributed by atoms with Gasteiger partial charge in [-0.05, 0) is 140 Å². The molecule has 9 heteroatoms. The molecule has 0 aromatic heterocycles. The average Bonchev–Trinajstić information content (AvgIpc) is 3.19. The van der Waals surface area contributed by atoms with Crippen LogP contribution in [0.15, 0.2) is 157 Å². The monoisotopic (exact) mass is 816 g/mol. The van der Waals surface area contributed by atoms with E-state index in [0.717, 1.165) is 32.0 Å². The molecule has 6 nitrogen and oxygen atoms in total. The summed E-state index contributed by atoms with van der Waals surface area (Å²) in [7, 11) is 0. The van der Waals surface area contributed by atoms with Crippen LogP contribution in [-0.2, 0) is 33.6 Å². The number of carboxylic acids is 3. The van der Waals surface area contributed by atoms with Gasteiger partial charge in [0.2, 0.25) is 0 Å². The maximum Gasteiger partial charge on any atom is 0.307 e. The molecule has 3 N–H and O–H groups in total. The van der Waals surface area contributed by atoms with E-state index >= 15 is 0 Å². The number of hydrogen-bond acceptors (Lipinski definition) is 6. The molecule has 294 valence electrons. The fraction of sp³-hybridized carbons (Fsp3) is 0.188. The molecule has 0 aliphatic heterocycles. The summed E-state index contributed by atoms with van der Waals surface area (Å²) < 4.78 is 0. The molecule has 57 heavy (non-hydrogen) atoms. The highest BCUT2D eigenvalue weighted by molar-refractivity contribution is 8.00. The number of aryl methyl sites for hydroxylation is 2. The van der Waals surface area contributed by atoms with Crippen LogP contribution in [0.4, 0.5) is 0 Å². The second kappa shape index (κ2) is 21.9.